The predicted octanol–water partition coefficient (Wildman–Crippen LogP) is 8.71. The summed E-state index contributed by atoms with van der Waals surface area (Å²) in [5.74, 6) is 0. The van der Waals surface area contributed by atoms with Crippen LogP contribution in [0.15, 0.2) is 147 Å². The summed E-state index contributed by atoms with van der Waals surface area (Å²) in [6, 6.07) is 44.1. The lowest BCUT2D eigenvalue weighted by molar-refractivity contribution is 1.12. The van der Waals surface area contributed by atoms with Crippen molar-refractivity contribution in [1.82, 2.24) is 4.98 Å². The number of hydrogen-bond donors (Lipinski definition) is 0. The summed E-state index contributed by atoms with van der Waals surface area (Å²) in [6.07, 6.45) is 1.96. The summed E-state index contributed by atoms with van der Waals surface area (Å²) in [5, 5.41) is 6.44. The number of hydrogen-bond acceptors (Lipinski definition) is 1. The maximum Gasteiger partial charge on any atom is 0.0991 e. The van der Waals surface area contributed by atoms with Gasteiger partial charge in [-0.1, -0.05) is 91.0 Å². The van der Waals surface area contributed by atoms with Crippen molar-refractivity contribution in [2.45, 2.75) is 19.7 Å². The van der Waals surface area contributed by atoms with E-state index in [2.05, 4.69) is 121 Å². The van der Waals surface area contributed by atoms with Gasteiger partial charge in [0, 0.05) is 32.0 Å². The molecule has 0 saturated carbocycles. The molecular formula is C31H21NS. The van der Waals surface area contributed by atoms with Crippen LogP contribution in [0.5, 0.6) is 0 Å². The largest absolute Gasteiger partial charge is 0.250 e. The molecule has 7 rings (SSSR count). The smallest absolute Gasteiger partial charge is 0.0991 e. The molecule has 2 heterocycles. The van der Waals surface area contributed by atoms with Gasteiger partial charge in [-0.05, 0) is 51.9 Å². The van der Waals surface area contributed by atoms with E-state index in [4.69, 9.17) is 4.98 Å². The molecule has 1 aromatic heterocycles. The standard InChI is InChI=1S/C31H21NS/c1-3-12-22(13-4-1)33(23-14-5-2-6-15-23)30-27-19-10-8-17-25(27)24-16-7-9-18-26(24)29(30)28-20-11-21-32-31(28)33/h1-21H. The Morgan fingerprint density at radius 1 is 0.455 bits per heavy atom. The van der Waals surface area contributed by atoms with Crippen molar-refractivity contribution >= 4 is 31.6 Å². The first-order valence-corrected chi connectivity index (χ1v) is 12.9. The van der Waals surface area contributed by atoms with Crippen LogP contribution in [-0.4, -0.2) is 4.98 Å². The fraction of sp³-hybridized carbons (Fsp3) is 0. The molecular weight excluding hydrogens is 418 g/mol. The Morgan fingerprint density at radius 2 is 0.970 bits per heavy atom. The molecule has 0 radical (unpaired) electrons. The molecule has 0 unspecified atom stereocenters. The van der Waals surface area contributed by atoms with Crippen LogP contribution in [-0.2, 0) is 0 Å². The minimum absolute atomic E-state index is 1.19. The van der Waals surface area contributed by atoms with Gasteiger partial charge >= 0.3 is 0 Å². The number of aromatic nitrogens is 1. The van der Waals surface area contributed by atoms with Crippen molar-refractivity contribution in [3.63, 3.8) is 0 Å². The molecule has 0 atom stereocenters. The molecule has 6 aromatic rings. The van der Waals surface area contributed by atoms with E-state index in [-0.39, 0.29) is 0 Å². The van der Waals surface area contributed by atoms with Crippen molar-refractivity contribution in [2.24, 2.45) is 0 Å². The van der Waals surface area contributed by atoms with Crippen molar-refractivity contribution in [2.75, 3.05) is 0 Å². The third-order valence-electron chi connectivity index (χ3n) is 6.72. The summed E-state index contributed by atoms with van der Waals surface area (Å²) < 4.78 is 0. The Kier molecular flexibility index (Phi) is 3.99. The summed E-state index contributed by atoms with van der Waals surface area (Å²) in [4.78, 5) is 9.21. The van der Waals surface area contributed by atoms with Crippen LogP contribution in [0.1, 0.15) is 0 Å². The van der Waals surface area contributed by atoms with Crippen LogP contribution in [0.4, 0.5) is 0 Å². The zero-order valence-corrected chi connectivity index (χ0v) is 18.8. The van der Waals surface area contributed by atoms with Gasteiger partial charge in [0.05, 0.1) is 5.03 Å². The van der Waals surface area contributed by atoms with Crippen LogP contribution in [0.3, 0.4) is 0 Å². The highest BCUT2D eigenvalue weighted by atomic mass is 32.3. The van der Waals surface area contributed by atoms with Crippen LogP contribution >= 0.6 is 10.0 Å². The molecule has 0 aliphatic carbocycles. The average molecular weight is 440 g/mol. The average Bonchev–Trinajstić information content (AvgIpc) is 3.22. The lowest BCUT2D eigenvalue weighted by Gasteiger charge is -2.38. The number of benzene rings is 5. The van der Waals surface area contributed by atoms with Gasteiger partial charge < -0.3 is 0 Å². The predicted molar refractivity (Wildman–Crippen MR) is 138 cm³/mol. The molecule has 0 N–H and O–H groups in total. The van der Waals surface area contributed by atoms with E-state index in [1.807, 2.05) is 6.20 Å². The number of fused-ring (bicyclic) bond motifs is 8. The zero-order chi connectivity index (χ0) is 21.8. The molecule has 5 aromatic carbocycles. The SMILES string of the molecule is c1ccc(S2(c3ccccc3)c3ncccc3-c3c2c2ccccc2c2ccccc32)cc1. The van der Waals surface area contributed by atoms with E-state index in [0.29, 0.717) is 0 Å². The maximum absolute atomic E-state index is 5.13. The highest BCUT2D eigenvalue weighted by molar-refractivity contribution is 8.34. The summed E-state index contributed by atoms with van der Waals surface area (Å²) >= 11 is 0. The van der Waals surface area contributed by atoms with E-state index in [0.717, 1.165) is 0 Å². The van der Waals surface area contributed by atoms with Crippen LogP contribution < -0.4 is 0 Å². The van der Waals surface area contributed by atoms with Gasteiger partial charge in [-0.3, -0.25) is 0 Å². The van der Waals surface area contributed by atoms with E-state index in [1.165, 1.54) is 52.4 Å². The van der Waals surface area contributed by atoms with Gasteiger partial charge in [-0.15, -0.1) is 10.0 Å². The molecule has 2 heteroatoms. The molecule has 1 aliphatic heterocycles. The second-order valence-electron chi connectivity index (χ2n) is 8.39. The highest BCUT2D eigenvalue weighted by Crippen LogP contribution is 2.81. The van der Waals surface area contributed by atoms with Gasteiger partial charge in [-0.2, -0.15) is 0 Å². The van der Waals surface area contributed by atoms with Crippen LogP contribution in [0.25, 0.3) is 32.7 Å². The quantitative estimate of drug-likeness (QED) is 0.245. The van der Waals surface area contributed by atoms with Crippen molar-refractivity contribution in [1.29, 1.82) is 0 Å². The Balaban J connectivity index is 1.81. The first-order valence-electron chi connectivity index (χ1n) is 11.2. The molecule has 0 saturated heterocycles. The van der Waals surface area contributed by atoms with Gasteiger partial charge in [0.2, 0.25) is 0 Å². The fourth-order valence-electron chi connectivity index (χ4n) is 5.46. The van der Waals surface area contributed by atoms with E-state index in [1.54, 1.807) is 0 Å². The zero-order valence-electron chi connectivity index (χ0n) is 18.0. The van der Waals surface area contributed by atoms with Gasteiger partial charge in [-0.25, -0.2) is 4.98 Å². The first-order chi connectivity index (χ1) is 16.4. The Morgan fingerprint density at radius 3 is 1.61 bits per heavy atom. The third kappa shape index (κ3) is 2.42. The minimum atomic E-state index is -1.77. The molecule has 0 bridgehead atoms. The number of nitrogens with zero attached hydrogens (tertiary/aromatic N) is 1. The van der Waals surface area contributed by atoms with Gasteiger partial charge in [0.15, 0.2) is 0 Å². The molecule has 0 fully saturated rings. The van der Waals surface area contributed by atoms with Crippen LogP contribution in [0.2, 0.25) is 0 Å². The van der Waals surface area contributed by atoms with Gasteiger partial charge in [0.1, 0.15) is 0 Å². The highest BCUT2D eigenvalue weighted by Gasteiger charge is 2.45. The Labute approximate surface area is 194 Å². The summed E-state index contributed by atoms with van der Waals surface area (Å²) in [6.45, 7) is 0. The number of pyridine rings is 1. The molecule has 156 valence electrons. The second-order valence-corrected chi connectivity index (χ2v) is 11.4. The topological polar surface area (TPSA) is 12.9 Å². The van der Waals surface area contributed by atoms with Crippen molar-refractivity contribution < 1.29 is 0 Å². The maximum atomic E-state index is 5.13. The first kappa shape index (κ1) is 18.7. The van der Waals surface area contributed by atoms with E-state index >= 15 is 0 Å². The third-order valence-corrected chi connectivity index (χ3v) is 10.6. The molecule has 0 spiro atoms. The molecule has 1 aliphatic rings. The molecule has 33 heavy (non-hydrogen) atoms. The van der Waals surface area contributed by atoms with E-state index < -0.39 is 10.0 Å². The molecule has 0 amide bonds. The van der Waals surface area contributed by atoms with E-state index in [9.17, 15) is 0 Å². The fourth-order valence-corrected chi connectivity index (χ4v) is 9.73. The monoisotopic (exact) mass is 439 g/mol. The second kappa shape index (κ2) is 7.06. The lowest BCUT2D eigenvalue weighted by Crippen LogP contribution is -2.04. The summed E-state index contributed by atoms with van der Waals surface area (Å²) in [7, 11) is -1.77. The molecule has 1 nitrogen and oxygen atoms in total. The van der Waals surface area contributed by atoms with Crippen LogP contribution in [0, 0.1) is 0 Å². The summed E-state index contributed by atoms with van der Waals surface area (Å²) in [5.41, 5.74) is 2.60. The Hall–Kier alpha value is -3.88. The normalized spacial score (nSPS) is 14.7. The van der Waals surface area contributed by atoms with Crippen molar-refractivity contribution in [3.8, 4) is 11.1 Å². The minimum Gasteiger partial charge on any atom is -0.250 e. The van der Waals surface area contributed by atoms with Crippen molar-refractivity contribution in [3.05, 3.63) is 128 Å². The van der Waals surface area contributed by atoms with Gasteiger partial charge in [0.25, 0.3) is 0 Å². The number of rotatable bonds is 2. The lowest BCUT2D eigenvalue weighted by atomic mass is 9.94. The Bertz CT molecular complexity index is 1620.